The number of carbonyl (C=O) groups is 4. The largest absolute Gasteiger partial charge is 0.468 e. The molecule has 164 valence electrons. The number of ether oxygens (including phenoxy) is 3. The first kappa shape index (κ1) is 23.6. The topological polar surface area (TPSA) is 108 Å². The molecule has 2 atom stereocenters. The Kier molecular flexibility index (Phi) is 8.31. The van der Waals surface area contributed by atoms with Crippen molar-refractivity contribution in [3.8, 4) is 11.1 Å². The molecular weight excluding hydrogens is 402 g/mol. The molecule has 1 amide bonds. The summed E-state index contributed by atoms with van der Waals surface area (Å²) < 4.78 is 14.1. The van der Waals surface area contributed by atoms with E-state index in [1.807, 2.05) is 30.3 Å². The van der Waals surface area contributed by atoms with Gasteiger partial charge < -0.3 is 19.5 Å². The second kappa shape index (κ2) is 10.9. The lowest BCUT2D eigenvalue weighted by Gasteiger charge is -2.27. The number of rotatable bonds is 8. The molecular formula is C23H25NO7. The SMILES string of the molecule is COC(=O)C(C(=O)OC)[C@H](C)[C@H](NC(=O)c1ccc(-c2ccccc2)cc1)C(=O)OC. The van der Waals surface area contributed by atoms with Gasteiger partial charge in [-0.25, -0.2) is 4.79 Å². The summed E-state index contributed by atoms with van der Waals surface area (Å²) in [5, 5.41) is 2.55. The van der Waals surface area contributed by atoms with Gasteiger partial charge in [0, 0.05) is 11.5 Å². The average molecular weight is 427 g/mol. The fraction of sp³-hybridized carbons (Fsp3) is 0.304. The molecule has 2 aromatic carbocycles. The Morgan fingerprint density at radius 1 is 0.710 bits per heavy atom. The minimum absolute atomic E-state index is 0.300. The molecule has 0 fully saturated rings. The van der Waals surface area contributed by atoms with Crippen LogP contribution in [0.25, 0.3) is 11.1 Å². The van der Waals surface area contributed by atoms with Gasteiger partial charge in [-0.3, -0.25) is 14.4 Å². The quantitative estimate of drug-likeness (QED) is 0.391. The highest BCUT2D eigenvalue weighted by molar-refractivity contribution is 5.99. The summed E-state index contributed by atoms with van der Waals surface area (Å²) >= 11 is 0. The maximum absolute atomic E-state index is 12.8. The summed E-state index contributed by atoms with van der Waals surface area (Å²) in [4.78, 5) is 49.3. The van der Waals surface area contributed by atoms with E-state index in [1.54, 1.807) is 24.3 Å². The van der Waals surface area contributed by atoms with E-state index < -0.39 is 41.7 Å². The molecule has 8 heteroatoms. The molecule has 0 aromatic heterocycles. The molecule has 0 saturated heterocycles. The summed E-state index contributed by atoms with van der Waals surface area (Å²) in [5.41, 5.74) is 2.22. The van der Waals surface area contributed by atoms with E-state index in [0.717, 1.165) is 32.5 Å². The smallest absolute Gasteiger partial charge is 0.328 e. The van der Waals surface area contributed by atoms with Gasteiger partial charge in [0.05, 0.1) is 21.3 Å². The highest BCUT2D eigenvalue weighted by Crippen LogP contribution is 2.22. The first-order valence-electron chi connectivity index (χ1n) is 9.53. The predicted octanol–water partition coefficient (Wildman–Crippen LogP) is 2.22. The minimum Gasteiger partial charge on any atom is -0.468 e. The van der Waals surface area contributed by atoms with Crippen molar-refractivity contribution in [3.63, 3.8) is 0 Å². The molecule has 0 aliphatic heterocycles. The van der Waals surface area contributed by atoms with Gasteiger partial charge in [0.15, 0.2) is 5.92 Å². The van der Waals surface area contributed by atoms with E-state index in [0.29, 0.717) is 5.56 Å². The van der Waals surface area contributed by atoms with Crippen LogP contribution in [0.5, 0.6) is 0 Å². The van der Waals surface area contributed by atoms with E-state index in [1.165, 1.54) is 6.92 Å². The van der Waals surface area contributed by atoms with E-state index in [4.69, 9.17) is 4.74 Å². The molecule has 0 spiro atoms. The van der Waals surface area contributed by atoms with Crippen molar-refractivity contribution in [1.29, 1.82) is 0 Å². The molecule has 0 aliphatic rings. The third-order valence-corrected chi connectivity index (χ3v) is 4.96. The average Bonchev–Trinajstić information content (AvgIpc) is 2.82. The van der Waals surface area contributed by atoms with Crippen LogP contribution in [0.15, 0.2) is 54.6 Å². The highest BCUT2D eigenvalue weighted by atomic mass is 16.5. The first-order valence-corrected chi connectivity index (χ1v) is 9.53. The third-order valence-electron chi connectivity index (χ3n) is 4.96. The maximum Gasteiger partial charge on any atom is 0.328 e. The lowest BCUT2D eigenvalue weighted by atomic mass is 9.87. The van der Waals surface area contributed by atoms with Crippen LogP contribution in [0, 0.1) is 11.8 Å². The fourth-order valence-electron chi connectivity index (χ4n) is 3.17. The van der Waals surface area contributed by atoms with Crippen LogP contribution in [0.3, 0.4) is 0 Å². The Bertz CT molecular complexity index is 909. The summed E-state index contributed by atoms with van der Waals surface area (Å²) in [6.45, 7) is 1.46. The van der Waals surface area contributed by atoms with Crippen molar-refractivity contribution < 1.29 is 33.4 Å². The zero-order chi connectivity index (χ0) is 23.0. The fourth-order valence-corrected chi connectivity index (χ4v) is 3.17. The monoisotopic (exact) mass is 427 g/mol. The molecule has 0 saturated carbocycles. The van der Waals surface area contributed by atoms with Crippen molar-refractivity contribution in [2.24, 2.45) is 11.8 Å². The molecule has 2 aromatic rings. The zero-order valence-corrected chi connectivity index (χ0v) is 17.8. The number of esters is 3. The minimum atomic E-state index is -1.42. The Morgan fingerprint density at radius 2 is 1.19 bits per heavy atom. The number of methoxy groups -OCH3 is 3. The number of amides is 1. The zero-order valence-electron chi connectivity index (χ0n) is 17.8. The first-order chi connectivity index (χ1) is 14.8. The van der Waals surface area contributed by atoms with Gasteiger partial charge in [0.1, 0.15) is 6.04 Å². The van der Waals surface area contributed by atoms with Gasteiger partial charge in [0.2, 0.25) is 0 Å². The number of nitrogens with one attached hydrogen (secondary N) is 1. The van der Waals surface area contributed by atoms with E-state index in [-0.39, 0.29) is 0 Å². The summed E-state index contributed by atoms with van der Waals surface area (Å²) in [7, 11) is 3.38. The number of benzene rings is 2. The van der Waals surface area contributed by atoms with E-state index >= 15 is 0 Å². The van der Waals surface area contributed by atoms with Gasteiger partial charge in [-0.15, -0.1) is 0 Å². The van der Waals surface area contributed by atoms with Crippen molar-refractivity contribution >= 4 is 23.8 Å². The van der Waals surface area contributed by atoms with Crippen LogP contribution < -0.4 is 5.32 Å². The van der Waals surface area contributed by atoms with Gasteiger partial charge in [0.25, 0.3) is 5.91 Å². The highest BCUT2D eigenvalue weighted by Gasteiger charge is 2.42. The Hall–Kier alpha value is -3.68. The molecule has 0 aliphatic carbocycles. The van der Waals surface area contributed by atoms with Crippen LogP contribution in [-0.2, 0) is 28.6 Å². The number of hydrogen-bond acceptors (Lipinski definition) is 7. The van der Waals surface area contributed by atoms with Gasteiger partial charge in [-0.2, -0.15) is 0 Å². The van der Waals surface area contributed by atoms with E-state index in [2.05, 4.69) is 14.8 Å². The van der Waals surface area contributed by atoms with Gasteiger partial charge >= 0.3 is 17.9 Å². The van der Waals surface area contributed by atoms with Crippen LogP contribution in [0.1, 0.15) is 17.3 Å². The Balaban J connectivity index is 2.25. The second-order valence-corrected chi connectivity index (χ2v) is 6.80. The third kappa shape index (κ3) is 5.69. The lowest BCUT2D eigenvalue weighted by molar-refractivity contribution is -0.162. The number of carbonyl (C=O) groups excluding carboxylic acids is 4. The molecule has 31 heavy (non-hydrogen) atoms. The summed E-state index contributed by atoms with van der Waals surface area (Å²) in [5.74, 6) is -5.53. The maximum atomic E-state index is 12.8. The Morgan fingerprint density at radius 3 is 1.68 bits per heavy atom. The molecule has 2 rings (SSSR count). The number of hydrogen-bond donors (Lipinski definition) is 1. The second-order valence-electron chi connectivity index (χ2n) is 6.80. The van der Waals surface area contributed by atoms with Crippen LogP contribution >= 0.6 is 0 Å². The van der Waals surface area contributed by atoms with Crippen LogP contribution in [0.2, 0.25) is 0 Å². The molecule has 0 radical (unpaired) electrons. The normalized spacial score (nSPS) is 12.4. The van der Waals surface area contributed by atoms with Gasteiger partial charge in [-0.1, -0.05) is 49.4 Å². The van der Waals surface area contributed by atoms with E-state index in [9.17, 15) is 19.2 Å². The van der Waals surface area contributed by atoms with Crippen molar-refractivity contribution in [2.75, 3.05) is 21.3 Å². The standard InChI is InChI=1S/C23H25NO7/c1-14(18(21(26)29-2)22(27)30-3)19(23(28)31-4)24-20(25)17-12-10-16(11-13-17)15-8-6-5-7-9-15/h5-14,18-19H,1-4H3,(H,24,25)/t14-,19-/m0/s1. The molecule has 1 N–H and O–H groups in total. The summed E-state index contributed by atoms with van der Waals surface area (Å²) in [6, 6.07) is 15.2. The van der Waals surface area contributed by atoms with Crippen molar-refractivity contribution in [1.82, 2.24) is 5.32 Å². The van der Waals surface area contributed by atoms with Crippen LogP contribution in [-0.4, -0.2) is 51.2 Å². The lowest BCUT2D eigenvalue weighted by Crippen LogP contribution is -2.51. The van der Waals surface area contributed by atoms with Crippen molar-refractivity contribution in [2.45, 2.75) is 13.0 Å². The molecule has 0 bridgehead atoms. The molecule has 0 unspecified atom stereocenters. The molecule has 8 nitrogen and oxygen atoms in total. The van der Waals surface area contributed by atoms with Crippen LogP contribution in [0.4, 0.5) is 0 Å². The Labute approximate surface area is 180 Å². The summed E-state index contributed by atoms with van der Waals surface area (Å²) in [6.07, 6.45) is 0. The van der Waals surface area contributed by atoms with Gasteiger partial charge in [-0.05, 0) is 23.3 Å². The van der Waals surface area contributed by atoms with Crippen molar-refractivity contribution in [3.05, 3.63) is 60.2 Å². The molecule has 0 heterocycles. The predicted molar refractivity (Wildman–Crippen MR) is 112 cm³/mol.